The second kappa shape index (κ2) is 8.15. The first-order chi connectivity index (χ1) is 15.1. The maximum atomic E-state index is 12.8. The number of benzene rings is 3. The Balaban J connectivity index is 1.52. The first kappa shape index (κ1) is 21.6. The summed E-state index contributed by atoms with van der Waals surface area (Å²) in [6, 6.07) is 23.0. The van der Waals surface area contributed by atoms with Crippen LogP contribution in [0.3, 0.4) is 0 Å². The summed E-state index contributed by atoms with van der Waals surface area (Å²) in [4.78, 5) is 17.5. The smallest absolute Gasteiger partial charge is 0.267 e. The van der Waals surface area contributed by atoms with Gasteiger partial charge >= 0.3 is 0 Å². The molecule has 0 spiro atoms. The van der Waals surface area contributed by atoms with Crippen molar-refractivity contribution >= 4 is 22.7 Å². The van der Waals surface area contributed by atoms with E-state index in [0.717, 1.165) is 5.56 Å². The standard InChI is InChI=1S/C27H28N2O3/c1-26(2,3)19-13-11-18(12-14-19)24-29-22-17-20(15-16-23(22)31-24)28-25(30)27(4,5)32-21-9-7-6-8-10-21/h6-17H,1-5H3,(H,28,30). The zero-order valence-corrected chi connectivity index (χ0v) is 19.1. The molecule has 0 bridgehead atoms. The molecule has 164 valence electrons. The first-order valence-electron chi connectivity index (χ1n) is 10.7. The Morgan fingerprint density at radius 3 is 2.25 bits per heavy atom. The highest BCUT2D eigenvalue weighted by Gasteiger charge is 2.30. The largest absolute Gasteiger partial charge is 0.478 e. The fourth-order valence-corrected chi connectivity index (χ4v) is 3.35. The van der Waals surface area contributed by atoms with Crippen LogP contribution in [0.1, 0.15) is 40.2 Å². The van der Waals surface area contributed by atoms with Gasteiger partial charge in [-0.1, -0.05) is 51.1 Å². The zero-order valence-electron chi connectivity index (χ0n) is 19.1. The van der Waals surface area contributed by atoms with Gasteiger partial charge in [0.05, 0.1) is 0 Å². The molecule has 0 radical (unpaired) electrons. The zero-order chi connectivity index (χ0) is 22.9. The van der Waals surface area contributed by atoms with Gasteiger partial charge in [0.2, 0.25) is 5.89 Å². The van der Waals surface area contributed by atoms with Crippen LogP contribution < -0.4 is 10.1 Å². The van der Waals surface area contributed by atoms with Crippen molar-refractivity contribution in [2.75, 3.05) is 5.32 Å². The van der Waals surface area contributed by atoms with E-state index < -0.39 is 5.60 Å². The summed E-state index contributed by atoms with van der Waals surface area (Å²) in [5.74, 6) is 0.945. The van der Waals surface area contributed by atoms with E-state index in [1.807, 2.05) is 54.6 Å². The number of carbonyl (C=O) groups excluding carboxylic acids is 1. The SMILES string of the molecule is CC(C)(Oc1ccccc1)C(=O)Nc1ccc2oc(-c3ccc(C(C)(C)C)cc3)nc2c1. The molecule has 5 nitrogen and oxygen atoms in total. The van der Waals surface area contributed by atoms with Crippen LogP contribution in [0.4, 0.5) is 5.69 Å². The van der Waals surface area contributed by atoms with Gasteiger partial charge in [-0.15, -0.1) is 0 Å². The summed E-state index contributed by atoms with van der Waals surface area (Å²) in [5.41, 5.74) is 3.19. The molecule has 1 heterocycles. The maximum Gasteiger partial charge on any atom is 0.267 e. The van der Waals surface area contributed by atoms with Crippen LogP contribution in [0.5, 0.6) is 5.75 Å². The third-order valence-corrected chi connectivity index (χ3v) is 5.31. The maximum absolute atomic E-state index is 12.8. The molecule has 0 fully saturated rings. The molecule has 4 aromatic rings. The number of rotatable bonds is 5. The van der Waals surface area contributed by atoms with Crippen LogP contribution in [0.25, 0.3) is 22.6 Å². The number of oxazole rings is 1. The number of aromatic nitrogens is 1. The van der Waals surface area contributed by atoms with Crippen molar-refractivity contribution in [1.29, 1.82) is 0 Å². The fraction of sp³-hybridized carbons (Fsp3) is 0.259. The number of anilines is 1. The summed E-state index contributed by atoms with van der Waals surface area (Å²) >= 11 is 0. The van der Waals surface area contributed by atoms with Gasteiger partial charge in [0.1, 0.15) is 11.3 Å². The molecule has 0 atom stereocenters. The van der Waals surface area contributed by atoms with Gasteiger partial charge < -0.3 is 14.5 Å². The minimum absolute atomic E-state index is 0.0882. The van der Waals surface area contributed by atoms with Crippen molar-refractivity contribution in [3.05, 3.63) is 78.4 Å². The number of para-hydroxylation sites is 1. The van der Waals surface area contributed by atoms with Crippen LogP contribution in [0.2, 0.25) is 0 Å². The Kier molecular flexibility index (Phi) is 5.51. The third kappa shape index (κ3) is 4.67. The molecule has 32 heavy (non-hydrogen) atoms. The Bertz CT molecular complexity index is 1230. The molecule has 3 aromatic carbocycles. The summed E-state index contributed by atoms with van der Waals surface area (Å²) in [5, 5.41) is 2.92. The Hall–Kier alpha value is -3.60. The van der Waals surface area contributed by atoms with Crippen molar-refractivity contribution in [3.8, 4) is 17.2 Å². The van der Waals surface area contributed by atoms with Crippen LogP contribution in [0, 0.1) is 0 Å². The number of nitrogens with zero attached hydrogens (tertiary/aromatic N) is 1. The molecular weight excluding hydrogens is 400 g/mol. The molecule has 0 aliphatic heterocycles. The van der Waals surface area contributed by atoms with Gasteiger partial charge in [0.25, 0.3) is 5.91 Å². The second-order valence-corrected chi connectivity index (χ2v) is 9.41. The number of ether oxygens (including phenoxy) is 1. The summed E-state index contributed by atoms with van der Waals surface area (Å²) in [7, 11) is 0. The first-order valence-corrected chi connectivity index (χ1v) is 10.7. The molecular formula is C27H28N2O3. The highest BCUT2D eigenvalue weighted by Crippen LogP contribution is 2.29. The van der Waals surface area contributed by atoms with Crippen molar-refractivity contribution in [2.45, 2.75) is 45.6 Å². The van der Waals surface area contributed by atoms with Crippen molar-refractivity contribution in [3.63, 3.8) is 0 Å². The molecule has 0 aliphatic carbocycles. The molecule has 4 rings (SSSR count). The predicted octanol–water partition coefficient (Wildman–Crippen LogP) is 6.59. The lowest BCUT2D eigenvalue weighted by Crippen LogP contribution is -2.42. The normalized spacial score (nSPS) is 12.0. The molecule has 0 saturated heterocycles. The molecule has 0 unspecified atom stereocenters. The Labute approximate surface area is 188 Å². The summed E-state index contributed by atoms with van der Waals surface area (Å²) in [6.45, 7) is 10.0. The van der Waals surface area contributed by atoms with Crippen LogP contribution in [-0.4, -0.2) is 16.5 Å². The van der Waals surface area contributed by atoms with E-state index in [2.05, 4.69) is 43.2 Å². The Morgan fingerprint density at radius 1 is 0.906 bits per heavy atom. The third-order valence-electron chi connectivity index (χ3n) is 5.31. The van der Waals surface area contributed by atoms with Gasteiger partial charge in [-0.25, -0.2) is 4.98 Å². The molecule has 1 N–H and O–H groups in total. The Morgan fingerprint density at radius 2 is 1.59 bits per heavy atom. The van der Waals surface area contributed by atoms with Crippen LogP contribution >= 0.6 is 0 Å². The van der Waals surface area contributed by atoms with E-state index in [9.17, 15) is 4.79 Å². The van der Waals surface area contributed by atoms with Gasteiger partial charge in [0, 0.05) is 11.3 Å². The van der Waals surface area contributed by atoms with E-state index >= 15 is 0 Å². The predicted molar refractivity (Wildman–Crippen MR) is 128 cm³/mol. The van der Waals surface area contributed by atoms with E-state index in [-0.39, 0.29) is 11.3 Å². The number of carbonyl (C=O) groups is 1. The van der Waals surface area contributed by atoms with Crippen LogP contribution in [0.15, 0.2) is 77.2 Å². The minimum atomic E-state index is -1.04. The van der Waals surface area contributed by atoms with E-state index in [0.29, 0.717) is 28.4 Å². The lowest BCUT2D eigenvalue weighted by molar-refractivity contribution is -0.128. The molecule has 1 amide bonds. The molecule has 0 saturated carbocycles. The highest BCUT2D eigenvalue weighted by molar-refractivity contribution is 5.98. The fourth-order valence-electron chi connectivity index (χ4n) is 3.35. The lowest BCUT2D eigenvalue weighted by Gasteiger charge is -2.25. The van der Waals surface area contributed by atoms with E-state index in [4.69, 9.17) is 9.15 Å². The monoisotopic (exact) mass is 428 g/mol. The lowest BCUT2D eigenvalue weighted by atomic mass is 9.87. The van der Waals surface area contributed by atoms with E-state index in [1.54, 1.807) is 19.9 Å². The van der Waals surface area contributed by atoms with Gasteiger partial charge in [0.15, 0.2) is 11.2 Å². The highest BCUT2D eigenvalue weighted by atomic mass is 16.5. The summed E-state index contributed by atoms with van der Waals surface area (Å²) < 4.78 is 11.8. The van der Waals surface area contributed by atoms with Crippen LogP contribution in [-0.2, 0) is 10.2 Å². The topological polar surface area (TPSA) is 64.4 Å². The number of nitrogens with one attached hydrogen (secondary N) is 1. The number of amides is 1. The average Bonchev–Trinajstić information content (AvgIpc) is 3.17. The summed E-state index contributed by atoms with van der Waals surface area (Å²) in [6.07, 6.45) is 0. The number of hydrogen-bond acceptors (Lipinski definition) is 4. The molecule has 0 aliphatic rings. The van der Waals surface area contributed by atoms with E-state index in [1.165, 1.54) is 5.56 Å². The van der Waals surface area contributed by atoms with Gasteiger partial charge in [-0.05, 0) is 67.3 Å². The quantitative estimate of drug-likeness (QED) is 0.389. The minimum Gasteiger partial charge on any atom is -0.478 e. The molecule has 1 aromatic heterocycles. The van der Waals surface area contributed by atoms with Gasteiger partial charge in [-0.2, -0.15) is 0 Å². The number of fused-ring (bicyclic) bond motifs is 1. The average molecular weight is 429 g/mol. The molecule has 5 heteroatoms. The van der Waals surface area contributed by atoms with Crippen molar-refractivity contribution in [2.24, 2.45) is 0 Å². The van der Waals surface area contributed by atoms with Crippen molar-refractivity contribution < 1.29 is 13.9 Å². The second-order valence-electron chi connectivity index (χ2n) is 9.41. The van der Waals surface area contributed by atoms with Crippen molar-refractivity contribution in [1.82, 2.24) is 4.98 Å². The van der Waals surface area contributed by atoms with Gasteiger partial charge in [-0.3, -0.25) is 4.79 Å². The number of hydrogen-bond donors (Lipinski definition) is 1.